The van der Waals surface area contributed by atoms with Gasteiger partial charge in [-0.25, -0.2) is 0 Å². The molecule has 1 amide bonds. The second-order valence-electron chi connectivity index (χ2n) is 6.03. The van der Waals surface area contributed by atoms with E-state index in [1.54, 1.807) is 0 Å². The van der Waals surface area contributed by atoms with Crippen LogP contribution in [0, 0.1) is 5.92 Å². The highest BCUT2D eigenvalue weighted by atomic mass is 16.3. The summed E-state index contributed by atoms with van der Waals surface area (Å²) in [6.45, 7) is 1.41. The molecule has 1 aliphatic carbocycles. The fraction of sp³-hybridized carbons (Fsp3) is 0.471. The van der Waals surface area contributed by atoms with Gasteiger partial charge in [0.2, 0.25) is 5.91 Å². The zero-order valence-electron chi connectivity index (χ0n) is 12.1. The Hall–Kier alpha value is -1.65. The smallest absolute Gasteiger partial charge is 0.226 e. The molecule has 4 heteroatoms. The van der Waals surface area contributed by atoms with Crippen molar-refractivity contribution in [2.45, 2.75) is 31.4 Å². The second kappa shape index (κ2) is 6.00. The zero-order valence-corrected chi connectivity index (χ0v) is 12.1. The Labute approximate surface area is 125 Å². The summed E-state index contributed by atoms with van der Waals surface area (Å²) in [6.07, 6.45) is 3.61. The van der Waals surface area contributed by atoms with Gasteiger partial charge < -0.3 is 15.7 Å². The molecule has 1 aliphatic heterocycles. The first-order chi connectivity index (χ1) is 10.1. The Morgan fingerprint density at radius 2 is 2.00 bits per heavy atom. The Morgan fingerprint density at radius 1 is 1.24 bits per heavy atom. The minimum Gasteiger partial charge on any atom is -0.391 e. The van der Waals surface area contributed by atoms with Gasteiger partial charge in [0.25, 0.3) is 0 Å². The fourth-order valence-corrected chi connectivity index (χ4v) is 3.29. The molecule has 21 heavy (non-hydrogen) atoms. The monoisotopic (exact) mass is 286 g/mol. The predicted octanol–water partition coefficient (Wildman–Crippen LogP) is 1.40. The molecule has 1 fully saturated rings. The average Bonchev–Trinajstić information content (AvgIpc) is 2.87. The number of carbonyl (C=O) groups excluding carboxylic acids is 1. The van der Waals surface area contributed by atoms with E-state index in [1.807, 2.05) is 23.1 Å². The van der Waals surface area contributed by atoms with E-state index in [-0.39, 0.29) is 17.9 Å². The van der Waals surface area contributed by atoms with Gasteiger partial charge in [0.05, 0.1) is 6.10 Å². The number of nitrogens with two attached hydrogens (primary N) is 1. The van der Waals surface area contributed by atoms with E-state index in [1.165, 1.54) is 11.1 Å². The molecule has 0 spiro atoms. The standard InChI is InChI=1S/C17H22N2O2/c18-15-10-14(11-16(15)20)17(21)19-8-6-13(7-9-19)12-4-2-1-3-5-12/h1-6,14-16,20H,7-11,18H2/t14-,15-,16-/m0/s1. The van der Waals surface area contributed by atoms with Gasteiger partial charge >= 0.3 is 0 Å². The van der Waals surface area contributed by atoms with Crippen molar-refractivity contribution in [2.24, 2.45) is 11.7 Å². The van der Waals surface area contributed by atoms with Crippen molar-refractivity contribution in [1.29, 1.82) is 0 Å². The van der Waals surface area contributed by atoms with Gasteiger partial charge in [-0.1, -0.05) is 36.4 Å². The third-order valence-corrected chi connectivity index (χ3v) is 4.59. The van der Waals surface area contributed by atoms with Crippen molar-refractivity contribution in [3.63, 3.8) is 0 Å². The van der Waals surface area contributed by atoms with Crippen LogP contribution in [0.4, 0.5) is 0 Å². The molecular formula is C17H22N2O2. The van der Waals surface area contributed by atoms with Gasteiger partial charge in [-0.15, -0.1) is 0 Å². The molecule has 0 bridgehead atoms. The number of benzene rings is 1. The summed E-state index contributed by atoms with van der Waals surface area (Å²) < 4.78 is 0. The quantitative estimate of drug-likeness (QED) is 0.863. The SMILES string of the molecule is N[C@H]1C[C@H](C(=O)N2CC=C(c3ccccc3)CC2)C[C@@H]1O. The average molecular weight is 286 g/mol. The molecule has 1 aromatic carbocycles. The Morgan fingerprint density at radius 3 is 2.57 bits per heavy atom. The molecule has 2 aliphatic rings. The highest BCUT2D eigenvalue weighted by Gasteiger charge is 2.36. The van der Waals surface area contributed by atoms with Crippen molar-refractivity contribution in [1.82, 2.24) is 4.90 Å². The lowest BCUT2D eigenvalue weighted by Crippen LogP contribution is -2.38. The highest BCUT2D eigenvalue weighted by Crippen LogP contribution is 2.29. The van der Waals surface area contributed by atoms with Gasteiger partial charge in [-0.2, -0.15) is 0 Å². The third kappa shape index (κ3) is 3.01. The molecule has 0 radical (unpaired) electrons. The summed E-state index contributed by atoms with van der Waals surface area (Å²) in [5.74, 6) is 0.0343. The summed E-state index contributed by atoms with van der Waals surface area (Å²) >= 11 is 0. The van der Waals surface area contributed by atoms with Crippen LogP contribution in [0.5, 0.6) is 0 Å². The van der Waals surface area contributed by atoms with E-state index in [0.29, 0.717) is 19.4 Å². The lowest BCUT2D eigenvalue weighted by Gasteiger charge is -2.29. The molecule has 0 saturated heterocycles. The lowest BCUT2D eigenvalue weighted by molar-refractivity contribution is -0.135. The maximum atomic E-state index is 12.5. The highest BCUT2D eigenvalue weighted by molar-refractivity contribution is 5.81. The predicted molar refractivity (Wildman–Crippen MR) is 82.3 cm³/mol. The number of aliphatic hydroxyl groups excluding tert-OH is 1. The molecule has 1 saturated carbocycles. The van der Waals surface area contributed by atoms with Crippen molar-refractivity contribution in [3.8, 4) is 0 Å². The van der Waals surface area contributed by atoms with Crippen LogP contribution in [-0.4, -0.2) is 41.1 Å². The molecule has 112 valence electrons. The van der Waals surface area contributed by atoms with Crippen molar-refractivity contribution >= 4 is 11.5 Å². The van der Waals surface area contributed by atoms with Gasteiger partial charge in [0.15, 0.2) is 0 Å². The van der Waals surface area contributed by atoms with Gasteiger partial charge in [0, 0.05) is 25.0 Å². The molecule has 1 heterocycles. The molecule has 3 atom stereocenters. The molecule has 3 N–H and O–H groups in total. The molecule has 0 aromatic heterocycles. The summed E-state index contributed by atoms with van der Waals surface area (Å²) in [6, 6.07) is 10.0. The van der Waals surface area contributed by atoms with Gasteiger partial charge in [-0.3, -0.25) is 4.79 Å². The maximum absolute atomic E-state index is 12.5. The van der Waals surface area contributed by atoms with Crippen molar-refractivity contribution in [2.75, 3.05) is 13.1 Å². The topological polar surface area (TPSA) is 66.6 Å². The van der Waals surface area contributed by atoms with Gasteiger partial charge in [0.1, 0.15) is 0 Å². The second-order valence-corrected chi connectivity index (χ2v) is 6.03. The lowest BCUT2D eigenvalue weighted by atomic mass is 9.98. The number of aliphatic hydroxyl groups is 1. The fourth-order valence-electron chi connectivity index (χ4n) is 3.29. The molecule has 3 rings (SSSR count). The van der Waals surface area contributed by atoms with Crippen LogP contribution in [-0.2, 0) is 4.79 Å². The minimum absolute atomic E-state index is 0.110. The number of hydrogen-bond donors (Lipinski definition) is 2. The first kappa shape index (κ1) is 14.3. The summed E-state index contributed by atoms with van der Waals surface area (Å²) in [5.41, 5.74) is 8.35. The van der Waals surface area contributed by atoms with Crippen molar-refractivity contribution in [3.05, 3.63) is 42.0 Å². The van der Waals surface area contributed by atoms with Crippen LogP contribution in [0.1, 0.15) is 24.8 Å². The number of carbonyl (C=O) groups is 1. The molecule has 4 nitrogen and oxygen atoms in total. The molecular weight excluding hydrogens is 264 g/mol. The van der Waals surface area contributed by atoms with E-state index < -0.39 is 6.10 Å². The van der Waals surface area contributed by atoms with E-state index in [0.717, 1.165) is 13.0 Å². The number of rotatable bonds is 2. The summed E-state index contributed by atoms with van der Waals surface area (Å²) in [4.78, 5) is 14.4. The first-order valence-corrected chi connectivity index (χ1v) is 7.62. The zero-order chi connectivity index (χ0) is 14.8. The maximum Gasteiger partial charge on any atom is 0.226 e. The third-order valence-electron chi connectivity index (χ3n) is 4.59. The molecule has 0 unspecified atom stereocenters. The number of nitrogens with zero attached hydrogens (tertiary/aromatic N) is 1. The minimum atomic E-state index is -0.529. The van der Waals surface area contributed by atoms with Crippen LogP contribution < -0.4 is 5.73 Å². The number of amides is 1. The Balaban J connectivity index is 1.63. The van der Waals surface area contributed by atoms with Crippen molar-refractivity contribution < 1.29 is 9.90 Å². The van der Waals surface area contributed by atoms with Crippen LogP contribution >= 0.6 is 0 Å². The Kier molecular flexibility index (Phi) is 4.08. The van der Waals surface area contributed by atoms with E-state index in [4.69, 9.17) is 5.73 Å². The van der Waals surface area contributed by atoms with Crippen LogP contribution in [0.3, 0.4) is 0 Å². The normalized spacial score (nSPS) is 29.3. The van der Waals surface area contributed by atoms with E-state index >= 15 is 0 Å². The van der Waals surface area contributed by atoms with Crippen LogP contribution in [0.25, 0.3) is 5.57 Å². The van der Waals surface area contributed by atoms with Gasteiger partial charge in [-0.05, 0) is 30.4 Å². The van der Waals surface area contributed by atoms with E-state index in [9.17, 15) is 9.90 Å². The largest absolute Gasteiger partial charge is 0.391 e. The van der Waals surface area contributed by atoms with E-state index in [2.05, 4.69) is 18.2 Å². The first-order valence-electron chi connectivity index (χ1n) is 7.62. The summed E-state index contributed by atoms with van der Waals surface area (Å²) in [5, 5.41) is 9.70. The number of hydrogen-bond acceptors (Lipinski definition) is 3. The molecule has 1 aromatic rings. The summed E-state index contributed by atoms with van der Waals surface area (Å²) in [7, 11) is 0. The van der Waals surface area contributed by atoms with Crippen LogP contribution in [0.2, 0.25) is 0 Å². The Bertz CT molecular complexity index is 531. The van der Waals surface area contributed by atoms with Crippen LogP contribution in [0.15, 0.2) is 36.4 Å².